The van der Waals surface area contributed by atoms with Gasteiger partial charge in [-0.15, -0.1) is 0 Å². The second kappa shape index (κ2) is 7.01. The highest BCUT2D eigenvalue weighted by atomic mass is 32.2. The Morgan fingerprint density at radius 2 is 1.65 bits per heavy atom. The summed E-state index contributed by atoms with van der Waals surface area (Å²) < 4.78 is 27.7. The number of carbonyl (C=O) groups is 1. The van der Waals surface area contributed by atoms with Crippen LogP contribution >= 0.6 is 0 Å². The average molecular weight is 371 g/mol. The van der Waals surface area contributed by atoms with Crippen LogP contribution in [0.2, 0.25) is 0 Å². The van der Waals surface area contributed by atoms with Crippen LogP contribution < -0.4 is 4.31 Å². The lowest BCUT2D eigenvalue weighted by Crippen LogP contribution is -2.32. The van der Waals surface area contributed by atoms with Crippen molar-refractivity contribution < 1.29 is 18.3 Å². The molecule has 2 aromatic carbocycles. The number of benzene rings is 2. The molecule has 0 aliphatic rings. The van der Waals surface area contributed by atoms with Gasteiger partial charge in [0, 0.05) is 5.69 Å². The third-order valence-electron chi connectivity index (χ3n) is 3.88. The van der Waals surface area contributed by atoms with E-state index in [4.69, 9.17) is 0 Å². The summed E-state index contributed by atoms with van der Waals surface area (Å²) in [5, 5.41) is 15.1. The summed E-state index contributed by atoms with van der Waals surface area (Å²) in [6.45, 7) is 1.53. The van der Waals surface area contributed by atoms with Crippen molar-refractivity contribution in [2.45, 2.75) is 18.5 Å². The van der Waals surface area contributed by atoms with Gasteiger partial charge in [-0.2, -0.15) is 13.5 Å². The van der Waals surface area contributed by atoms with E-state index >= 15 is 0 Å². The second-order valence-corrected chi connectivity index (χ2v) is 7.44. The lowest BCUT2D eigenvalue weighted by molar-refractivity contribution is 0.0692. The Hall–Kier alpha value is -3.13. The summed E-state index contributed by atoms with van der Waals surface area (Å²) >= 11 is 0. The van der Waals surface area contributed by atoms with Crippen molar-refractivity contribution >= 4 is 21.7 Å². The van der Waals surface area contributed by atoms with E-state index in [0.29, 0.717) is 5.69 Å². The number of aromatic carboxylic acids is 1. The highest BCUT2D eigenvalue weighted by molar-refractivity contribution is 7.92. The molecule has 0 saturated carbocycles. The topological polar surface area (TPSA) is 103 Å². The molecular weight excluding hydrogens is 354 g/mol. The van der Waals surface area contributed by atoms with Crippen LogP contribution in [0.3, 0.4) is 0 Å². The molecule has 0 aliphatic carbocycles. The van der Waals surface area contributed by atoms with Crippen molar-refractivity contribution in [3.8, 4) is 0 Å². The first-order valence-electron chi connectivity index (χ1n) is 7.81. The van der Waals surface area contributed by atoms with Crippen LogP contribution in [-0.4, -0.2) is 29.7 Å². The van der Waals surface area contributed by atoms with E-state index in [-0.39, 0.29) is 17.8 Å². The fourth-order valence-electron chi connectivity index (χ4n) is 2.61. The van der Waals surface area contributed by atoms with Crippen LogP contribution in [0.1, 0.15) is 21.6 Å². The van der Waals surface area contributed by atoms with E-state index in [1.807, 2.05) is 18.2 Å². The normalized spacial score (nSPS) is 11.3. The van der Waals surface area contributed by atoms with Gasteiger partial charge >= 0.3 is 5.97 Å². The minimum atomic E-state index is -4.20. The molecule has 1 heterocycles. The fraction of sp³-hybridized carbons (Fsp3) is 0.111. The van der Waals surface area contributed by atoms with Crippen molar-refractivity contribution in [2.24, 2.45) is 0 Å². The molecule has 0 radical (unpaired) electrons. The minimum Gasteiger partial charge on any atom is -0.478 e. The Bertz CT molecular complexity index is 1020. The molecule has 8 heteroatoms. The maximum Gasteiger partial charge on any atom is 0.340 e. The number of H-pyrrole nitrogens is 1. The van der Waals surface area contributed by atoms with Crippen LogP contribution in [0.15, 0.2) is 65.7 Å². The molecule has 0 saturated heterocycles. The molecule has 3 rings (SSSR count). The third kappa shape index (κ3) is 3.31. The largest absolute Gasteiger partial charge is 0.478 e. The number of aromatic nitrogens is 2. The van der Waals surface area contributed by atoms with Crippen molar-refractivity contribution in [1.82, 2.24) is 10.2 Å². The summed E-state index contributed by atoms with van der Waals surface area (Å²) in [6, 6.07) is 17.6. The maximum atomic E-state index is 13.3. The molecule has 7 nitrogen and oxygen atoms in total. The number of hydrogen-bond donors (Lipinski definition) is 2. The number of hydrogen-bond acceptors (Lipinski definition) is 4. The van der Waals surface area contributed by atoms with Crippen LogP contribution in [0.5, 0.6) is 0 Å². The van der Waals surface area contributed by atoms with Gasteiger partial charge in [-0.05, 0) is 24.6 Å². The molecule has 0 fully saturated rings. The number of sulfonamides is 1. The second-order valence-electron chi connectivity index (χ2n) is 5.67. The van der Waals surface area contributed by atoms with Gasteiger partial charge in [-0.3, -0.25) is 9.40 Å². The fourth-order valence-corrected chi connectivity index (χ4v) is 4.19. The molecule has 0 aliphatic heterocycles. The quantitative estimate of drug-likeness (QED) is 0.693. The number of aromatic amines is 1. The smallest absolute Gasteiger partial charge is 0.340 e. The van der Waals surface area contributed by atoms with Gasteiger partial charge in [-0.25, -0.2) is 4.79 Å². The summed E-state index contributed by atoms with van der Waals surface area (Å²) in [7, 11) is -4.20. The van der Waals surface area contributed by atoms with Gasteiger partial charge in [0.15, 0.2) is 0 Å². The van der Waals surface area contributed by atoms with Crippen LogP contribution in [0, 0.1) is 6.92 Å². The molecule has 2 N–H and O–H groups in total. The summed E-state index contributed by atoms with van der Waals surface area (Å²) in [5.41, 5.74) is 1.03. The van der Waals surface area contributed by atoms with Crippen LogP contribution in [0.25, 0.3) is 0 Å². The molecule has 0 spiro atoms. The number of anilines is 1. The number of nitrogens with one attached hydrogen (secondary N) is 1. The van der Waals surface area contributed by atoms with Crippen molar-refractivity contribution in [2.75, 3.05) is 4.31 Å². The van der Waals surface area contributed by atoms with Crippen molar-refractivity contribution in [1.29, 1.82) is 0 Å². The Morgan fingerprint density at radius 3 is 2.23 bits per heavy atom. The molecule has 0 amide bonds. The van der Waals surface area contributed by atoms with E-state index in [2.05, 4.69) is 10.2 Å². The van der Waals surface area contributed by atoms with Gasteiger partial charge in [0.25, 0.3) is 10.0 Å². The first kappa shape index (κ1) is 17.7. The molecule has 134 valence electrons. The molecule has 0 bridgehead atoms. The average Bonchev–Trinajstić information content (AvgIpc) is 3.04. The highest BCUT2D eigenvalue weighted by Gasteiger charge is 2.33. The van der Waals surface area contributed by atoms with Gasteiger partial charge < -0.3 is 5.11 Å². The summed E-state index contributed by atoms with van der Waals surface area (Å²) in [4.78, 5) is 11.5. The maximum absolute atomic E-state index is 13.3. The number of carboxylic acid groups (broad SMARTS) is 1. The predicted octanol–water partition coefficient (Wildman–Crippen LogP) is 2.81. The number of aryl methyl sites for hydroxylation is 1. The Labute approximate surface area is 151 Å². The monoisotopic (exact) mass is 371 g/mol. The van der Waals surface area contributed by atoms with Crippen molar-refractivity contribution in [3.63, 3.8) is 0 Å². The van der Waals surface area contributed by atoms with Crippen molar-refractivity contribution in [3.05, 3.63) is 77.5 Å². The zero-order chi connectivity index (χ0) is 18.7. The van der Waals surface area contributed by atoms with E-state index in [1.54, 1.807) is 42.5 Å². The van der Waals surface area contributed by atoms with E-state index in [0.717, 1.165) is 9.87 Å². The van der Waals surface area contributed by atoms with Crippen LogP contribution in [0.4, 0.5) is 5.69 Å². The Kier molecular flexibility index (Phi) is 4.77. The van der Waals surface area contributed by atoms with Gasteiger partial charge in [0.2, 0.25) is 5.03 Å². The molecule has 1 aromatic heterocycles. The van der Waals surface area contributed by atoms with Gasteiger partial charge in [0.05, 0.1) is 12.2 Å². The van der Waals surface area contributed by atoms with Gasteiger partial charge in [-0.1, -0.05) is 48.5 Å². The van der Waals surface area contributed by atoms with E-state index in [9.17, 15) is 18.3 Å². The zero-order valence-corrected chi connectivity index (χ0v) is 14.8. The zero-order valence-electron chi connectivity index (χ0n) is 14.0. The molecule has 0 atom stereocenters. The molecule has 26 heavy (non-hydrogen) atoms. The standard InChI is InChI=1S/C18H17N3O4S/c1-13-16(18(22)23)17(20-19-13)26(24,25)21(15-10-6-3-7-11-15)12-14-8-4-2-5-9-14/h2-11H,12H2,1H3,(H,19,20)(H,22,23). The molecule has 3 aromatic rings. The predicted molar refractivity (Wildman–Crippen MR) is 96.5 cm³/mol. The molecular formula is C18H17N3O4S. The number of rotatable bonds is 6. The first-order valence-corrected chi connectivity index (χ1v) is 9.25. The third-order valence-corrected chi connectivity index (χ3v) is 5.58. The molecule has 0 unspecified atom stereocenters. The lowest BCUT2D eigenvalue weighted by atomic mass is 10.2. The highest BCUT2D eigenvalue weighted by Crippen LogP contribution is 2.27. The van der Waals surface area contributed by atoms with Gasteiger partial charge in [0.1, 0.15) is 5.56 Å². The number of para-hydroxylation sites is 1. The summed E-state index contributed by atoms with van der Waals surface area (Å²) in [6.07, 6.45) is 0. The number of nitrogens with zero attached hydrogens (tertiary/aromatic N) is 2. The number of carboxylic acids is 1. The Morgan fingerprint density at radius 1 is 1.08 bits per heavy atom. The summed E-state index contributed by atoms with van der Waals surface area (Å²) in [5.74, 6) is -1.34. The van der Waals surface area contributed by atoms with E-state index in [1.165, 1.54) is 6.92 Å². The lowest BCUT2D eigenvalue weighted by Gasteiger charge is -2.24. The van der Waals surface area contributed by atoms with E-state index < -0.39 is 21.0 Å². The minimum absolute atomic E-state index is 0.0537. The Balaban J connectivity index is 2.13. The SMILES string of the molecule is Cc1[nH]nc(S(=O)(=O)N(Cc2ccccc2)c2ccccc2)c1C(=O)O. The van der Waals surface area contributed by atoms with Crippen LogP contribution in [-0.2, 0) is 16.6 Å². The first-order chi connectivity index (χ1) is 12.4.